The van der Waals surface area contributed by atoms with E-state index in [1.807, 2.05) is 0 Å². The summed E-state index contributed by atoms with van der Waals surface area (Å²) in [6.07, 6.45) is 4.81. The summed E-state index contributed by atoms with van der Waals surface area (Å²) in [5.41, 5.74) is 0.450. The van der Waals surface area contributed by atoms with Gasteiger partial charge in [0, 0.05) is 12.2 Å². The van der Waals surface area contributed by atoms with Gasteiger partial charge in [0.2, 0.25) is 0 Å². The van der Waals surface area contributed by atoms with Gasteiger partial charge in [-0.1, -0.05) is 0 Å². The van der Waals surface area contributed by atoms with Crippen molar-refractivity contribution in [3.05, 3.63) is 23.9 Å². The van der Waals surface area contributed by atoms with Gasteiger partial charge in [0.05, 0.1) is 13.2 Å². The minimum atomic E-state index is -0.388. The molecule has 5 heteroatoms. The molecule has 1 aromatic heterocycles. The number of rotatable bonds is 3. The van der Waals surface area contributed by atoms with Crippen molar-refractivity contribution in [3.63, 3.8) is 0 Å². The summed E-state index contributed by atoms with van der Waals surface area (Å²) in [5, 5.41) is 12.7. The summed E-state index contributed by atoms with van der Waals surface area (Å²) < 4.78 is 4.72. The minimum Gasteiger partial charge on any atom is -0.465 e. The van der Waals surface area contributed by atoms with Crippen LogP contribution in [0.3, 0.4) is 0 Å². The maximum Gasteiger partial charge on any atom is 0.341 e. The molecule has 2 N–H and O–H groups in total. The fraction of sp³-hybridized carbons (Fsp3) is 0.538. The Labute approximate surface area is 106 Å². The predicted octanol–water partition coefficient (Wildman–Crippen LogP) is 1.58. The first-order valence-electron chi connectivity index (χ1n) is 6.18. The number of hydrogen-bond donors (Lipinski definition) is 2. The average molecular weight is 250 g/mol. The van der Waals surface area contributed by atoms with E-state index in [0.717, 1.165) is 25.7 Å². The van der Waals surface area contributed by atoms with E-state index in [9.17, 15) is 9.90 Å². The average Bonchev–Trinajstić information content (AvgIpc) is 2.41. The molecule has 18 heavy (non-hydrogen) atoms. The zero-order valence-corrected chi connectivity index (χ0v) is 10.4. The molecule has 0 radical (unpaired) electrons. The molecule has 0 aromatic carbocycles. The number of methoxy groups -OCH3 is 1. The molecule has 1 aliphatic carbocycles. The van der Waals surface area contributed by atoms with Crippen LogP contribution in [-0.4, -0.2) is 35.3 Å². The van der Waals surface area contributed by atoms with Crippen LogP contribution >= 0.6 is 0 Å². The second-order valence-corrected chi connectivity index (χ2v) is 4.54. The zero-order chi connectivity index (χ0) is 13.0. The second kappa shape index (κ2) is 5.82. The van der Waals surface area contributed by atoms with E-state index in [1.165, 1.54) is 7.11 Å². The summed E-state index contributed by atoms with van der Waals surface area (Å²) in [7, 11) is 1.36. The normalized spacial score (nSPS) is 23.4. The number of ether oxygens (including phenoxy) is 1. The first kappa shape index (κ1) is 12.8. The number of aliphatic hydroxyl groups is 1. The van der Waals surface area contributed by atoms with Crippen molar-refractivity contribution in [1.82, 2.24) is 4.98 Å². The zero-order valence-electron chi connectivity index (χ0n) is 10.4. The van der Waals surface area contributed by atoms with Crippen molar-refractivity contribution < 1.29 is 14.6 Å². The maximum atomic E-state index is 11.6. The number of nitrogens with zero attached hydrogens (tertiary/aromatic N) is 1. The highest BCUT2D eigenvalue weighted by molar-refractivity contribution is 5.94. The fourth-order valence-corrected chi connectivity index (χ4v) is 2.21. The maximum absolute atomic E-state index is 11.6. The van der Waals surface area contributed by atoms with Crippen molar-refractivity contribution in [3.8, 4) is 0 Å². The summed E-state index contributed by atoms with van der Waals surface area (Å²) in [6, 6.07) is 3.66. The number of aliphatic hydroxyl groups excluding tert-OH is 1. The van der Waals surface area contributed by atoms with Gasteiger partial charge in [-0.15, -0.1) is 0 Å². The van der Waals surface area contributed by atoms with Crippen molar-refractivity contribution in [2.45, 2.75) is 37.8 Å². The van der Waals surface area contributed by atoms with Crippen LogP contribution in [0.4, 0.5) is 5.82 Å². The van der Waals surface area contributed by atoms with Crippen molar-refractivity contribution in [1.29, 1.82) is 0 Å². The molecule has 1 aromatic rings. The lowest BCUT2D eigenvalue weighted by atomic mass is 9.93. The van der Waals surface area contributed by atoms with Gasteiger partial charge in [-0.3, -0.25) is 0 Å². The summed E-state index contributed by atoms with van der Waals surface area (Å²) in [6.45, 7) is 0. The van der Waals surface area contributed by atoms with Crippen LogP contribution in [0.1, 0.15) is 36.0 Å². The molecule has 5 nitrogen and oxygen atoms in total. The van der Waals surface area contributed by atoms with Gasteiger partial charge < -0.3 is 15.2 Å². The summed E-state index contributed by atoms with van der Waals surface area (Å²) in [5.74, 6) is 0.173. The Balaban J connectivity index is 2.07. The molecule has 0 spiro atoms. The molecule has 1 heterocycles. The van der Waals surface area contributed by atoms with Crippen LogP contribution in [0, 0.1) is 0 Å². The lowest BCUT2D eigenvalue weighted by Crippen LogP contribution is -2.29. The quantitative estimate of drug-likeness (QED) is 0.797. The van der Waals surface area contributed by atoms with Crippen LogP contribution in [-0.2, 0) is 4.74 Å². The van der Waals surface area contributed by atoms with Gasteiger partial charge in [-0.25, -0.2) is 9.78 Å². The number of hydrogen-bond acceptors (Lipinski definition) is 5. The highest BCUT2D eigenvalue weighted by Crippen LogP contribution is 2.23. The van der Waals surface area contributed by atoms with E-state index >= 15 is 0 Å². The highest BCUT2D eigenvalue weighted by Gasteiger charge is 2.21. The Kier molecular flexibility index (Phi) is 4.15. The number of anilines is 1. The standard InChI is InChI=1S/C13H18N2O3/c1-18-13(17)11-3-2-8-14-12(11)15-9-4-6-10(16)7-5-9/h2-3,8-10,16H,4-7H2,1H3,(H,14,15). The Morgan fingerprint density at radius 2 is 2.17 bits per heavy atom. The Morgan fingerprint density at radius 1 is 1.44 bits per heavy atom. The van der Waals surface area contributed by atoms with Gasteiger partial charge >= 0.3 is 5.97 Å². The summed E-state index contributed by atoms with van der Waals surface area (Å²) >= 11 is 0. The number of nitrogens with one attached hydrogen (secondary N) is 1. The first-order chi connectivity index (χ1) is 8.70. The molecule has 1 fully saturated rings. The van der Waals surface area contributed by atoms with E-state index < -0.39 is 0 Å². The van der Waals surface area contributed by atoms with E-state index in [0.29, 0.717) is 11.4 Å². The largest absolute Gasteiger partial charge is 0.465 e. The molecule has 0 unspecified atom stereocenters. The molecule has 2 rings (SSSR count). The third-order valence-corrected chi connectivity index (χ3v) is 3.25. The molecule has 98 valence electrons. The Hall–Kier alpha value is -1.62. The van der Waals surface area contributed by atoms with Crippen LogP contribution in [0.5, 0.6) is 0 Å². The number of carbonyl (C=O) groups is 1. The molecule has 0 aliphatic heterocycles. The molecular weight excluding hydrogens is 232 g/mol. The minimum absolute atomic E-state index is 0.188. The number of pyridine rings is 1. The van der Waals surface area contributed by atoms with Gasteiger partial charge in [-0.05, 0) is 37.8 Å². The van der Waals surface area contributed by atoms with Crippen molar-refractivity contribution in [2.24, 2.45) is 0 Å². The lowest BCUT2D eigenvalue weighted by molar-refractivity contribution is 0.0601. The molecule has 0 saturated heterocycles. The van der Waals surface area contributed by atoms with E-state index in [4.69, 9.17) is 4.74 Å². The Morgan fingerprint density at radius 3 is 2.83 bits per heavy atom. The highest BCUT2D eigenvalue weighted by atomic mass is 16.5. The van der Waals surface area contributed by atoms with E-state index in [-0.39, 0.29) is 18.1 Å². The summed E-state index contributed by atoms with van der Waals surface area (Å²) in [4.78, 5) is 15.8. The van der Waals surface area contributed by atoms with Crippen LogP contribution < -0.4 is 5.32 Å². The second-order valence-electron chi connectivity index (χ2n) is 4.54. The van der Waals surface area contributed by atoms with Crippen molar-refractivity contribution >= 4 is 11.8 Å². The Bertz CT molecular complexity index is 414. The van der Waals surface area contributed by atoms with Crippen LogP contribution in [0.15, 0.2) is 18.3 Å². The van der Waals surface area contributed by atoms with Gasteiger partial charge in [-0.2, -0.15) is 0 Å². The smallest absolute Gasteiger partial charge is 0.341 e. The molecule has 0 amide bonds. The first-order valence-corrected chi connectivity index (χ1v) is 6.18. The lowest BCUT2D eigenvalue weighted by Gasteiger charge is -2.27. The fourth-order valence-electron chi connectivity index (χ4n) is 2.21. The van der Waals surface area contributed by atoms with E-state index in [2.05, 4.69) is 10.3 Å². The molecular formula is C13H18N2O3. The SMILES string of the molecule is COC(=O)c1cccnc1NC1CCC(O)CC1. The molecule has 0 atom stereocenters. The van der Waals surface area contributed by atoms with Crippen molar-refractivity contribution in [2.75, 3.05) is 12.4 Å². The van der Waals surface area contributed by atoms with Crippen LogP contribution in [0.25, 0.3) is 0 Å². The van der Waals surface area contributed by atoms with Crippen LogP contribution in [0.2, 0.25) is 0 Å². The number of carbonyl (C=O) groups excluding carboxylic acids is 1. The van der Waals surface area contributed by atoms with Gasteiger partial charge in [0.25, 0.3) is 0 Å². The predicted molar refractivity (Wildman–Crippen MR) is 67.5 cm³/mol. The van der Waals surface area contributed by atoms with Gasteiger partial charge in [0.15, 0.2) is 0 Å². The third-order valence-electron chi connectivity index (χ3n) is 3.25. The molecule has 1 saturated carbocycles. The third kappa shape index (κ3) is 2.98. The molecule has 1 aliphatic rings. The molecule has 0 bridgehead atoms. The topological polar surface area (TPSA) is 71.5 Å². The van der Waals surface area contributed by atoms with E-state index in [1.54, 1.807) is 18.3 Å². The number of esters is 1. The number of aromatic nitrogens is 1. The monoisotopic (exact) mass is 250 g/mol. The van der Waals surface area contributed by atoms with Gasteiger partial charge in [0.1, 0.15) is 11.4 Å².